The molecule has 1 aromatic heterocycles. The molecule has 0 saturated carbocycles. The van der Waals surface area contributed by atoms with Gasteiger partial charge in [0.15, 0.2) is 15.5 Å². The first kappa shape index (κ1) is 31.6. The Hall–Kier alpha value is -4.86. The van der Waals surface area contributed by atoms with E-state index in [0.29, 0.717) is 0 Å². The molecule has 0 spiro atoms. The van der Waals surface area contributed by atoms with Crippen LogP contribution in [0.5, 0.6) is 5.75 Å². The number of aryl methyl sites for hydroxylation is 1. The fourth-order valence-corrected chi connectivity index (χ4v) is 5.56. The van der Waals surface area contributed by atoms with Crippen molar-refractivity contribution in [3.8, 4) is 22.6 Å². The summed E-state index contributed by atoms with van der Waals surface area (Å²) in [6, 6.07) is 11.0. The zero-order valence-corrected chi connectivity index (χ0v) is 23.8. The maximum atomic E-state index is 15.0. The number of nitrogens with zero attached hydrogens (tertiary/aromatic N) is 4. The molecule has 2 N–H and O–H groups in total. The molecule has 5 rings (SSSR count). The minimum atomic E-state index is -4.93. The maximum Gasteiger partial charge on any atom is 0.573 e. The van der Waals surface area contributed by atoms with Crippen molar-refractivity contribution in [3.05, 3.63) is 89.3 Å². The number of hydrogen-bond donors (Lipinski definition) is 2. The molecule has 0 atom stereocenters. The second kappa shape index (κ2) is 11.3. The molecule has 0 amide bonds. The van der Waals surface area contributed by atoms with E-state index in [-0.39, 0.29) is 39.6 Å². The lowest BCUT2D eigenvalue weighted by atomic mass is 10.0. The number of halogens is 7. The Kier molecular flexibility index (Phi) is 7.89. The Morgan fingerprint density at radius 1 is 0.956 bits per heavy atom. The zero-order valence-electron chi connectivity index (χ0n) is 23.0. The van der Waals surface area contributed by atoms with Crippen molar-refractivity contribution in [3.63, 3.8) is 0 Å². The molecule has 4 aromatic rings. The molecule has 3 aromatic carbocycles. The molecular weight excluding hydrogens is 635 g/mol. The van der Waals surface area contributed by atoms with Crippen molar-refractivity contribution in [2.45, 2.75) is 31.0 Å². The fraction of sp³-hybridized carbons (Fsp3) is 0.179. The highest BCUT2D eigenvalue weighted by Gasteiger charge is 2.35. The van der Waals surface area contributed by atoms with Gasteiger partial charge in [-0.2, -0.15) is 13.2 Å². The van der Waals surface area contributed by atoms with Gasteiger partial charge in [-0.05, 0) is 66.6 Å². The summed E-state index contributed by atoms with van der Waals surface area (Å²) in [4.78, 5) is 3.14. The van der Waals surface area contributed by atoms with Crippen LogP contribution in [0.2, 0.25) is 0 Å². The van der Waals surface area contributed by atoms with Gasteiger partial charge in [0.25, 0.3) is 0 Å². The van der Waals surface area contributed by atoms with Crippen LogP contribution in [0.1, 0.15) is 22.6 Å². The van der Waals surface area contributed by atoms with Crippen LogP contribution in [0.4, 0.5) is 36.4 Å². The fourth-order valence-electron chi connectivity index (χ4n) is 4.61. The van der Waals surface area contributed by atoms with Gasteiger partial charge in [-0.15, -0.1) is 18.3 Å². The van der Waals surface area contributed by atoms with Crippen molar-refractivity contribution < 1.29 is 49.0 Å². The molecule has 9 nitrogen and oxygen atoms in total. The molecule has 0 unspecified atom stereocenters. The molecule has 236 valence electrons. The third-order valence-corrected chi connectivity index (χ3v) is 7.75. The Morgan fingerprint density at radius 3 is 2.20 bits per heavy atom. The van der Waals surface area contributed by atoms with Gasteiger partial charge >= 0.3 is 12.5 Å². The highest BCUT2D eigenvalue weighted by atomic mass is 32.2. The summed E-state index contributed by atoms with van der Waals surface area (Å²) in [5.74, 6) is 1.07. The predicted octanol–water partition coefficient (Wildman–Crippen LogP) is 5.75. The van der Waals surface area contributed by atoms with E-state index in [1.165, 1.54) is 42.3 Å². The molecular formula is C28H20F7N5O4S. The van der Waals surface area contributed by atoms with E-state index in [1.807, 2.05) is 0 Å². The molecule has 1 aliphatic heterocycles. The maximum absolute atomic E-state index is 15.0. The first-order valence-corrected chi connectivity index (χ1v) is 14.5. The van der Waals surface area contributed by atoms with Crippen LogP contribution in [-0.2, 0) is 22.6 Å². The largest absolute Gasteiger partial charge is 0.573 e. The number of benzene rings is 3. The van der Waals surface area contributed by atoms with Crippen LogP contribution in [0.3, 0.4) is 0 Å². The minimum absolute atomic E-state index is 0.0514. The van der Waals surface area contributed by atoms with Crippen LogP contribution in [0.25, 0.3) is 22.5 Å². The van der Waals surface area contributed by atoms with E-state index in [2.05, 4.69) is 26.2 Å². The minimum Gasteiger partial charge on any atom is -0.406 e. The molecule has 0 aliphatic carbocycles. The number of aromatic nitrogens is 2. The lowest BCUT2D eigenvalue weighted by molar-refractivity contribution is -0.274. The average Bonchev–Trinajstić information content (AvgIpc) is 3.58. The number of aliphatic hydroxyl groups is 1. The highest BCUT2D eigenvalue weighted by Crippen LogP contribution is 2.38. The number of nitrogens with one attached hydrogen (secondary N) is 1. The van der Waals surface area contributed by atoms with E-state index >= 15 is 0 Å². The Balaban J connectivity index is 1.67. The predicted molar refractivity (Wildman–Crippen MR) is 147 cm³/mol. The van der Waals surface area contributed by atoms with E-state index in [1.54, 1.807) is 0 Å². The average molecular weight is 656 g/mol. The standard InChI is InChI=1S/C28H20F7N5O4S/c1-15-37-26(27(30,31)32)13-39(15)22-8-5-17(18-9-21(29)20(14-41)25(11-18)45(2,42)43)10-23(22)40-24(12-36-38-40)16-3-6-19(7-4-16)44-28(33,34)35/h3-11,13,38,41H,14H2,1-2H3. The van der Waals surface area contributed by atoms with E-state index in [4.69, 9.17) is 0 Å². The number of ether oxygens (including phenoxy) is 1. The first-order chi connectivity index (χ1) is 21.0. The molecule has 0 saturated heterocycles. The zero-order chi connectivity index (χ0) is 32.9. The Labute approximate surface area is 250 Å². The third-order valence-electron chi connectivity index (χ3n) is 6.59. The molecule has 2 heterocycles. The Morgan fingerprint density at radius 2 is 1.62 bits per heavy atom. The van der Waals surface area contributed by atoms with Gasteiger partial charge in [0.2, 0.25) is 0 Å². The van der Waals surface area contributed by atoms with Gasteiger partial charge in [0, 0.05) is 29.4 Å². The number of sulfone groups is 1. The van der Waals surface area contributed by atoms with Crippen LogP contribution in [-0.4, -0.2) is 41.6 Å². The van der Waals surface area contributed by atoms with Gasteiger partial charge in [-0.1, -0.05) is 6.07 Å². The van der Waals surface area contributed by atoms with Crippen molar-refractivity contribution in [1.29, 1.82) is 0 Å². The topological polar surface area (TPSA) is 109 Å². The molecule has 0 bridgehead atoms. The van der Waals surface area contributed by atoms with Gasteiger partial charge in [0.1, 0.15) is 23.1 Å². The number of rotatable bonds is 7. The van der Waals surface area contributed by atoms with Gasteiger partial charge in [-0.25, -0.2) is 28.3 Å². The van der Waals surface area contributed by atoms with Crippen LogP contribution in [0, 0.1) is 12.7 Å². The van der Waals surface area contributed by atoms with Gasteiger partial charge < -0.3 is 14.4 Å². The molecule has 0 radical (unpaired) electrons. The second-order valence-electron chi connectivity index (χ2n) is 9.69. The van der Waals surface area contributed by atoms with Crippen LogP contribution < -0.4 is 15.3 Å². The van der Waals surface area contributed by atoms with Crippen LogP contribution >= 0.6 is 0 Å². The molecule has 17 heteroatoms. The summed E-state index contributed by atoms with van der Waals surface area (Å²) in [5.41, 5.74) is 1.85. The van der Waals surface area contributed by atoms with Gasteiger partial charge in [0.05, 0.1) is 22.9 Å². The van der Waals surface area contributed by atoms with E-state index < -0.39 is 56.7 Å². The summed E-state index contributed by atoms with van der Waals surface area (Å²) in [7, 11) is -4.00. The Bertz CT molecular complexity index is 1960. The molecule has 45 heavy (non-hydrogen) atoms. The number of hydrazine groups is 1. The number of hydrazone groups is 1. The smallest absolute Gasteiger partial charge is 0.406 e. The SMILES string of the molecule is Cc1nc(C(F)(F)F)cn1-c1ccc(-c2cc(F)c(CO)c(S(C)(=O)=O)c2)cc1N1NN=C=C1c1ccc(OC(F)(F)F)cc1. The lowest BCUT2D eigenvalue weighted by Crippen LogP contribution is -2.30. The third kappa shape index (κ3) is 6.50. The van der Waals surface area contributed by atoms with Crippen molar-refractivity contribution in [2.75, 3.05) is 11.3 Å². The van der Waals surface area contributed by atoms with Crippen molar-refractivity contribution in [1.82, 2.24) is 15.1 Å². The summed E-state index contributed by atoms with van der Waals surface area (Å²) in [5, 5.41) is 14.7. The van der Waals surface area contributed by atoms with Gasteiger partial charge in [-0.3, -0.25) is 0 Å². The second-order valence-corrected chi connectivity index (χ2v) is 11.7. The monoisotopic (exact) mass is 655 g/mol. The number of aliphatic hydroxyl groups excluding tert-OH is 1. The normalized spacial score (nSPS) is 13.6. The number of imidazole rings is 1. The van der Waals surface area contributed by atoms with Crippen molar-refractivity contribution >= 4 is 27.1 Å². The van der Waals surface area contributed by atoms with Crippen molar-refractivity contribution in [2.24, 2.45) is 5.10 Å². The number of anilines is 1. The first-order valence-electron chi connectivity index (χ1n) is 12.6. The molecule has 0 fully saturated rings. The molecule has 1 aliphatic rings. The summed E-state index contributed by atoms with van der Waals surface area (Å²) >= 11 is 0. The highest BCUT2D eigenvalue weighted by molar-refractivity contribution is 7.90. The quantitative estimate of drug-likeness (QED) is 0.244. The summed E-state index contributed by atoms with van der Waals surface area (Å²) < 4.78 is 123. The number of alkyl halides is 6. The van der Waals surface area contributed by atoms with E-state index in [9.17, 15) is 44.3 Å². The van der Waals surface area contributed by atoms with Crippen LogP contribution in [0.15, 0.2) is 70.8 Å². The lowest BCUT2D eigenvalue weighted by Gasteiger charge is -2.25. The van der Waals surface area contributed by atoms with E-state index in [0.717, 1.165) is 41.3 Å². The number of hydrogen-bond acceptors (Lipinski definition) is 8. The summed E-state index contributed by atoms with van der Waals surface area (Å²) in [6.07, 6.45) is -8.10. The summed E-state index contributed by atoms with van der Waals surface area (Å²) in [6.45, 7) is 0.439.